The molecule has 1 aromatic carbocycles. The summed E-state index contributed by atoms with van der Waals surface area (Å²) >= 11 is 7.81. The van der Waals surface area contributed by atoms with Crippen molar-refractivity contribution in [3.63, 3.8) is 0 Å². The minimum Gasteiger partial charge on any atom is -0.493 e. The Hall–Kier alpha value is -2.50. The van der Waals surface area contributed by atoms with Gasteiger partial charge in [-0.05, 0) is 30.7 Å². The monoisotopic (exact) mass is 450 g/mol. The largest absolute Gasteiger partial charge is 0.493 e. The van der Waals surface area contributed by atoms with Gasteiger partial charge in [0, 0.05) is 13.0 Å². The second-order valence-electron chi connectivity index (χ2n) is 5.87. The molecule has 0 unspecified atom stereocenters. The number of thioether (sulfide) groups is 1. The number of hydrogen-bond acceptors (Lipinski definition) is 9. The van der Waals surface area contributed by atoms with Crippen molar-refractivity contribution in [2.75, 3.05) is 26.1 Å². The highest BCUT2D eigenvalue weighted by molar-refractivity contribution is 8.26. The van der Waals surface area contributed by atoms with Crippen LogP contribution in [0, 0.1) is 6.92 Å². The number of ether oxygens (including phenoxy) is 2. The number of methoxy groups -OCH3 is 2. The highest BCUT2D eigenvalue weighted by Gasteiger charge is 2.32. The molecule has 152 valence electrons. The second kappa shape index (κ2) is 9.33. The van der Waals surface area contributed by atoms with Gasteiger partial charge in [-0.2, -0.15) is 0 Å². The predicted molar refractivity (Wildman–Crippen MR) is 117 cm³/mol. The molecule has 2 amide bonds. The van der Waals surface area contributed by atoms with E-state index in [1.807, 2.05) is 6.07 Å². The van der Waals surface area contributed by atoms with Crippen LogP contribution in [0.15, 0.2) is 23.1 Å². The topological polar surface area (TPSA) is 93.6 Å². The Labute approximate surface area is 181 Å². The molecule has 1 fully saturated rings. The van der Waals surface area contributed by atoms with Crippen molar-refractivity contribution < 1.29 is 19.1 Å². The number of anilines is 1. The maximum Gasteiger partial charge on any atom is 0.266 e. The molecule has 0 aliphatic carbocycles. The van der Waals surface area contributed by atoms with Crippen LogP contribution in [0.3, 0.4) is 0 Å². The number of rotatable bonds is 7. The van der Waals surface area contributed by atoms with E-state index in [0.717, 1.165) is 10.6 Å². The molecule has 2 heterocycles. The molecule has 0 bridgehead atoms. The quantitative estimate of drug-likeness (QED) is 0.508. The van der Waals surface area contributed by atoms with E-state index in [0.29, 0.717) is 25.9 Å². The molecule has 29 heavy (non-hydrogen) atoms. The van der Waals surface area contributed by atoms with Gasteiger partial charge in [0.05, 0.1) is 19.1 Å². The minimum atomic E-state index is -0.251. The summed E-state index contributed by atoms with van der Waals surface area (Å²) < 4.78 is 10.9. The first-order valence-corrected chi connectivity index (χ1v) is 10.5. The number of amides is 2. The number of carbonyl (C=O) groups is 2. The molecular weight excluding hydrogens is 432 g/mol. The fourth-order valence-electron chi connectivity index (χ4n) is 2.53. The van der Waals surface area contributed by atoms with Crippen molar-refractivity contribution in [2.24, 2.45) is 0 Å². The van der Waals surface area contributed by atoms with E-state index in [1.54, 1.807) is 39.4 Å². The molecule has 0 radical (unpaired) electrons. The number of aryl methyl sites for hydroxylation is 1. The van der Waals surface area contributed by atoms with Gasteiger partial charge in [0.1, 0.15) is 9.33 Å². The molecule has 1 aromatic heterocycles. The van der Waals surface area contributed by atoms with Crippen LogP contribution in [-0.2, 0) is 9.59 Å². The lowest BCUT2D eigenvalue weighted by Crippen LogP contribution is -2.31. The van der Waals surface area contributed by atoms with Crippen LogP contribution in [0.2, 0.25) is 0 Å². The molecular formula is C18H18N4O4S3. The molecule has 8 nitrogen and oxygen atoms in total. The Morgan fingerprint density at radius 3 is 2.69 bits per heavy atom. The summed E-state index contributed by atoms with van der Waals surface area (Å²) in [7, 11) is 3.11. The summed E-state index contributed by atoms with van der Waals surface area (Å²) in [4.78, 5) is 26.7. The van der Waals surface area contributed by atoms with Gasteiger partial charge >= 0.3 is 0 Å². The molecule has 1 aliphatic heterocycles. The Kier molecular flexibility index (Phi) is 6.83. The van der Waals surface area contributed by atoms with Crippen LogP contribution in [-0.4, -0.2) is 52.0 Å². The van der Waals surface area contributed by atoms with Crippen molar-refractivity contribution in [3.05, 3.63) is 33.7 Å². The van der Waals surface area contributed by atoms with Gasteiger partial charge in [-0.25, -0.2) is 0 Å². The zero-order chi connectivity index (χ0) is 21.0. The van der Waals surface area contributed by atoms with E-state index in [1.165, 1.54) is 28.0 Å². The summed E-state index contributed by atoms with van der Waals surface area (Å²) in [6, 6.07) is 5.37. The van der Waals surface area contributed by atoms with Gasteiger partial charge in [0.2, 0.25) is 11.0 Å². The van der Waals surface area contributed by atoms with Gasteiger partial charge in [0.25, 0.3) is 5.91 Å². The van der Waals surface area contributed by atoms with Crippen LogP contribution in [0.4, 0.5) is 5.13 Å². The van der Waals surface area contributed by atoms with Crippen LogP contribution in [0.5, 0.6) is 11.5 Å². The SMILES string of the molecule is COc1ccc(/C=C2\SC(=S)N(CCC(=O)Nc3nnc(C)s3)C2=O)cc1OC. The van der Waals surface area contributed by atoms with Crippen molar-refractivity contribution in [1.29, 1.82) is 0 Å². The van der Waals surface area contributed by atoms with E-state index in [4.69, 9.17) is 21.7 Å². The molecule has 1 saturated heterocycles. The van der Waals surface area contributed by atoms with Crippen LogP contribution >= 0.6 is 35.3 Å². The minimum absolute atomic E-state index is 0.106. The van der Waals surface area contributed by atoms with Crippen LogP contribution in [0.1, 0.15) is 17.0 Å². The lowest BCUT2D eigenvalue weighted by Gasteiger charge is -2.13. The first-order chi connectivity index (χ1) is 13.9. The van der Waals surface area contributed by atoms with E-state index in [-0.39, 0.29) is 24.8 Å². The number of carbonyl (C=O) groups excluding carboxylic acids is 2. The number of aromatic nitrogens is 2. The Bertz CT molecular complexity index is 989. The standard InChI is InChI=1S/C18H18N4O4S3/c1-10-20-21-17(28-10)19-15(23)6-7-22-16(24)14(29-18(22)27)9-11-4-5-12(25-2)13(8-11)26-3/h4-5,8-9H,6-7H2,1-3H3,(H,19,21,23)/b14-9-. The Morgan fingerprint density at radius 2 is 2.03 bits per heavy atom. The first-order valence-electron chi connectivity index (χ1n) is 8.48. The zero-order valence-corrected chi connectivity index (χ0v) is 18.4. The molecule has 11 heteroatoms. The lowest BCUT2D eigenvalue weighted by atomic mass is 10.2. The third kappa shape index (κ3) is 5.11. The first kappa shape index (κ1) is 21.2. The average molecular weight is 451 g/mol. The summed E-state index contributed by atoms with van der Waals surface area (Å²) in [6.45, 7) is 2.00. The van der Waals surface area contributed by atoms with Crippen LogP contribution < -0.4 is 14.8 Å². The Balaban J connectivity index is 1.64. The normalized spacial score (nSPS) is 15.1. The number of benzene rings is 1. The van der Waals surface area contributed by atoms with Gasteiger partial charge in [-0.15, -0.1) is 10.2 Å². The van der Waals surface area contributed by atoms with Crippen molar-refractivity contribution in [3.8, 4) is 11.5 Å². The maximum absolute atomic E-state index is 12.7. The highest BCUT2D eigenvalue weighted by Crippen LogP contribution is 2.34. The van der Waals surface area contributed by atoms with Crippen molar-refractivity contribution in [2.45, 2.75) is 13.3 Å². The van der Waals surface area contributed by atoms with Crippen LogP contribution in [0.25, 0.3) is 6.08 Å². The smallest absolute Gasteiger partial charge is 0.266 e. The molecule has 0 saturated carbocycles. The summed E-state index contributed by atoms with van der Waals surface area (Å²) in [5.74, 6) is 0.697. The molecule has 3 rings (SSSR count). The van der Waals surface area contributed by atoms with E-state index in [9.17, 15) is 9.59 Å². The number of hydrogen-bond donors (Lipinski definition) is 1. The molecule has 1 N–H and O–H groups in total. The number of nitrogens with zero attached hydrogens (tertiary/aromatic N) is 3. The van der Waals surface area contributed by atoms with Gasteiger partial charge in [0.15, 0.2) is 11.5 Å². The summed E-state index contributed by atoms with van der Waals surface area (Å²) in [5.41, 5.74) is 0.785. The Morgan fingerprint density at radius 1 is 1.28 bits per heavy atom. The third-order valence-corrected chi connectivity index (χ3v) is 6.05. The molecule has 0 atom stereocenters. The van der Waals surface area contributed by atoms with Gasteiger partial charge in [-0.1, -0.05) is 41.4 Å². The fourth-order valence-corrected chi connectivity index (χ4v) is 4.45. The molecule has 1 aliphatic rings. The van der Waals surface area contributed by atoms with Gasteiger partial charge in [-0.3, -0.25) is 14.5 Å². The molecule has 0 spiro atoms. The fraction of sp³-hybridized carbons (Fsp3) is 0.278. The van der Waals surface area contributed by atoms with E-state index >= 15 is 0 Å². The molecule has 2 aromatic rings. The highest BCUT2D eigenvalue weighted by atomic mass is 32.2. The van der Waals surface area contributed by atoms with Crippen molar-refractivity contribution in [1.82, 2.24) is 15.1 Å². The lowest BCUT2D eigenvalue weighted by molar-refractivity contribution is -0.122. The summed E-state index contributed by atoms with van der Waals surface area (Å²) in [5, 5.41) is 11.6. The van der Waals surface area contributed by atoms with E-state index in [2.05, 4.69) is 15.5 Å². The van der Waals surface area contributed by atoms with Gasteiger partial charge < -0.3 is 14.8 Å². The number of thiocarbonyl (C=S) groups is 1. The third-order valence-electron chi connectivity index (χ3n) is 3.91. The number of nitrogens with one attached hydrogen (secondary N) is 1. The zero-order valence-electron chi connectivity index (χ0n) is 15.9. The maximum atomic E-state index is 12.7. The van der Waals surface area contributed by atoms with Crippen molar-refractivity contribution >= 4 is 62.7 Å². The second-order valence-corrected chi connectivity index (χ2v) is 8.73. The summed E-state index contributed by atoms with van der Waals surface area (Å²) in [6.07, 6.45) is 1.85. The predicted octanol–water partition coefficient (Wildman–Crippen LogP) is 3.09. The average Bonchev–Trinajstić information content (AvgIpc) is 3.22. The van der Waals surface area contributed by atoms with E-state index < -0.39 is 0 Å².